The lowest BCUT2D eigenvalue weighted by Gasteiger charge is -2.46. The van der Waals surface area contributed by atoms with E-state index >= 15 is 4.39 Å². The van der Waals surface area contributed by atoms with Gasteiger partial charge < -0.3 is 24.4 Å². The number of aryl methyl sites for hydroxylation is 1. The highest BCUT2D eigenvalue weighted by Crippen LogP contribution is 2.40. The monoisotopic (exact) mass is 501 g/mol. The molecule has 1 amide bonds. The molecule has 184 valence electrons. The second-order valence-electron chi connectivity index (χ2n) is 9.59. The largest absolute Gasteiger partial charge is 0.471 e. The Kier molecular flexibility index (Phi) is 6.15. The van der Waals surface area contributed by atoms with E-state index in [1.165, 1.54) is 12.4 Å². The van der Waals surface area contributed by atoms with E-state index in [9.17, 15) is 4.79 Å². The van der Waals surface area contributed by atoms with Crippen molar-refractivity contribution < 1.29 is 23.4 Å². The third-order valence-corrected chi connectivity index (χ3v) is 7.05. The number of likely N-dealkylation sites (tertiary alicyclic amines) is 1. The standard InChI is InChI=1S/C24H25ClFN5O4/c1-13-5-18(17(25)6-14(13)7-27)30-21-19(26)22(29-12-28-21)34-20-15-8-31(9-16(20)11-33-10-15)23(32)35-24(2)3-4-24/h5-6,12,15-16,20H,3-4,8-11H2,1-2H3,(H,28,29,30). The number of nitriles is 1. The molecule has 0 radical (unpaired) electrons. The van der Waals surface area contributed by atoms with Crippen LogP contribution in [0.5, 0.6) is 5.88 Å². The molecule has 11 heteroatoms. The zero-order valence-corrected chi connectivity index (χ0v) is 20.1. The van der Waals surface area contributed by atoms with Crippen LogP contribution in [0, 0.1) is 35.9 Å². The van der Waals surface area contributed by atoms with Crippen molar-refractivity contribution in [2.45, 2.75) is 38.4 Å². The van der Waals surface area contributed by atoms with Gasteiger partial charge in [0.05, 0.1) is 35.6 Å². The fourth-order valence-electron chi connectivity index (χ4n) is 4.47. The van der Waals surface area contributed by atoms with E-state index in [2.05, 4.69) is 21.4 Å². The van der Waals surface area contributed by atoms with Crippen molar-refractivity contribution in [2.75, 3.05) is 31.6 Å². The summed E-state index contributed by atoms with van der Waals surface area (Å²) >= 11 is 6.26. The Morgan fingerprint density at radius 3 is 2.69 bits per heavy atom. The van der Waals surface area contributed by atoms with Gasteiger partial charge in [-0.2, -0.15) is 14.6 Å². The van der Waals surface area contributed by atoms with E-state index < -0.39 is 5.82 Å². The Labute approximate surface area is 207 Å². The van der Waals surface area contributed by atoms with E-state index in [1.54, 1.807) is 17.9 Å². The molecule has 2 atom stereocenters. The number of piperidine rings is 1. The summed E-state index contributed by atoms with van der Waals surface area (Å²) in [5.74, 6) is -1.34. The highest BCUT2D eigenvalue weighted by molar-refractivity contribution is 6.33. The Morgan fingerprint density at radius 1 is 1.31 bits per heavy atom. The molecule has 1 aromatic carbocycles. The summed E-state index contributed by atoms with van der Waals surface area (Å²) < 4.78 is 32.7. The SMILES string of the molecule is Cc1cc(Nc2ncnc(OC3C4COCC3CN(C(=O)OC3(C)CC3)C4)c2F)c(Cl)cc1C#N. The number of hydrogen-bond donors (Lipinski definition) is 1. The first-order valence-corrected chi connectivity index (χ1v) is 11.8. The second kappa shape index (κ2) is 9.13. The number of anilines is 2. The smallest absolute Gasteiger partial charge is 0.410 e. The fourth-order valence-corrected chi connectivity index (χ4v) is 4.68. The molecule has 1 saturated carbocycles. The molecule has 9 nitrogen and oxygen atoms in total. The quantitative estimate of drug-likeness (QED) is 0.649. The van der Waals surface area contributed by atoms with Gasteiger partial charge in [-0.25, -0.2) is 9.78 Å². The molecule has 3 aliphatic rings. The summed E-state index contributed by atoms with van der Waals surface area (Å²) in [6, 6.07) is 5.23. The number of ether oxygens (including phenoxy) is 3. The van der Waals surface area contributed by atoms with Gasteiger partial charge in [-0.15, -0.1) is 0 Å². The van der Waals surface area contributed by atoms with Gasteiger partial charge >= 0.3 is 6.09 Å². The topological polar surface area (TPSA) is 110 Å². The lowest BCUT2D eigenvalue weighted by atomic mass is 9.84. The number of halogens is 2. The number of carbonyl (C=O) groups is 1. The van der Waals surface area contributed by atoms with Gasteiger partial charge in [-0.1, -0.05) is 11.6 Å². The summed E-state index contributed by atoms with van der Waals surface area (Å²) in [6.07, 6.45) is 2.27. The molecule has 1 aromatic heterocycles. The van der Waals surface area contributed by atoms with Crippen molar-refractivity contribution in [2.24, 2.45) is 11.8 Å². The number of aromatic nitrogens is 2. The molecule has 35 heavy (non-hydrogen) atoms. The molecule has 3 heterocycles. The van der Waals surface area contributed by atoms with Crippen LogP contribution in [-0.4, -0.2) is 59.0 Å². The molecule has 2 saturated heterocycles. The Bertz CT molecular complexity index is 1190. The predicted molar refractivity (Wildman–Crippen MR) is 124 cm³/mol. The second-order valence-corrected chi connectivity index (χ2v) is 10.00. The van der Waals surface area contributed by atoms with Crippen molar-refractivity contribution in [1.82, 2.24) is 14.9 Å². The maximum Gasteiger partial charge on any atom is 0.410 e. The van der Waals surface area contributed by atoms with Crippen molar-refractivity contribution in [1.29, 1.82) is 5.26 Å². The third-order valence-electron chi connectivity index (χ3n) is 6.74. The highest BCUT2D eigenvalue weighted by atomic mass is 35.5. The van der Waals surface area contributed by atoms with E-state index in [0.29, 0.717) is 43.1 Å². The molecule has 0 spiro atoms. The van der Waals surface area contributed by atoms with Crippen LogP contribution >= 0.6 is 11.6 Å². The van der Waals surface area contributed by atoms with E-state index in [4.69, 9.17) is 31.1 Å². The van der Waals surface area contributed by atoms with Crippen LogP contribution in [0.1, 0.15) is 30.9 Å². The number of fused-ring (bicyclic) bond motifs is 2. The molecule has 3 fully saturated rings. The van der Waals surface area contributed by atoms with Crippen LogP contribution < -0.4 is 10.1 Å². The van der Waals surface area contributed by atoms with Gasteiger partial charge in [0, 0.05) is 24.9 Å². The summed E-state index contributed by atoms with van der Waals surface area (Å²) in [5.41, 5.74) is 1.19. The van der Waals surface area contributed by atoms with Crippen LogP contribution in [0.4, 0.5) is 20.7 Å². The molecule has 2 aromatic rings. The minimum Gasteiger partial charge on any atom is -0.471 e. The van der Waals surface area contributed by atoms with E-state index in [0.717, 1.165) is 12.8 Å². The molecule has 2 unspecified atom stereocenters. The van der Waals surface area contributed by atoms with Crippen molar-refractivity contribution >= 4 is 29.2 Å². The number of hydrogen-bond acceptors (Lipinski definition) is 8. The minimum atomic E-state index is -0.756. The van der Waals surface area contributed by atoms with Crippen molar-refractivity contribution in [3.8, 4) is 11.9 Å². The van der Waals surface area contributed by atoms with Crippen LogP contribution in [0.3, 0.4) is 0 Å². The number of amides is 1. The molecule has 2 aliphatic heterocycles. The summed E-state index contributed by atoms with van der Waals surface area (Å²) in [7, 11) is 0. The Balaban J connectivity index is 1.31. The normalized spacial score (nSPS) is 24.3. The summed E-state index contributed by atoms with van der Waals surface area (Å²) in [6.45, 7) is 5.27. The van der Waals surface area contributed by atoms with Gasteiger partial charge in [0.1, 0.15) is 18.0 Å². The first-order valence-electron chi connectivity index (χ1n) is 11.5. The van der Waals surface area contributed by atoms with Crippen molar-refractivity contribution in [3.05, 3.63) is 40.4 Å². The van der Waals surface area contributed by atoms with Gasteiger partial charge in [0.2, 0.25) is 5.82 Å². The number of nitrogens with one attached hydrogen (secondary N) is 1. The molecule has 1 aliphatic carbocycles. The fraction of sp³-hybridized carbons (Fsp3) is 0.500. The van der Waals surface area contributed by atoms with E-state index in [-0.39, 0.29) is 46.4 Å². The Morgan fingerprint density at radius 2 is 2.03 bits per heavy atom. The van der Waals surface area contributed by atoms with Crippen LogP contribution in [0.2, 0.25) is 5.02 Å². The number of nitrogens with zero attached hydrogens (tertiary/aromatic N) is 4. The molecule has 5 rings (SSSR count). The maximum absolute atomic E-state index is 15.3. The zero-order valence-electron chi connectivity index (χ0n) is 19.4. The average Bonchev–Trinajstić information content (AvgIpc) is 3.54. The summed E-state index contributed by atoms with van der Waals surface area (Å²) in [4.78, 5) is 22.3. The lowest BCUT2D eigenvalue weighted by Crippen LogP contribution is -2.59. The van der Waals surface area contributed by atoms with Crippen LogP contribution in [0.25, 0.3) is 0 Å². The number of benzene rings is 1. The Hall–Kier alpha value is -3.16. The average molecular weight is 502 g/mol. The van der Waals surface area contributed by atoms with Gasteiger partial charge in [-0.3, -0.25) is 0 Å². The van der Waals surface area contributed by atoms with Crippen LogP contribution in [0.15, 0.2) is 18.5 Å². The predicted octanol–water partition coefficient (Wildman–Crippen LogP) is 4.21. The number of carbonyl (C=O) groups excluding carboxylic acids is 1. The molecule has 1 N–H and O–H groups in total. The first-order chi connectivity index (χ1) is 16.8. The van der Waals surface area contributed by atoms with Crippen molar-refractivity contribution in [3.63, 3.8) is 0 Å². The van der Waals surface area contributed by atoms with Gasteiger partial charge in [0.25, 0.3) is 5.88 Å². The zero-order chi connectivity index (χ0) is 24.7. The van der Waals surface area contributed by atoms with Gasteiger partial charge in [0.15, 0.2) is 5.82 Å². The maximum atomic E-state index is 15.3. The molecular formula is C24H25ClFN5O4. The highest BCUT2D eigenvalue weighted by Gasteiger charge is 2.47. The van der Waals surface area contributed by atoms with E-state index in [1.807, 2.05) is 6.92 Å². The minimum absolute atomic E-state index is 0.0962. The molecular weight excluding hydrogens is 477 g/mol. The lowest BCUT2D eigenvalue weighted by molar-refractivity contribution is -0.112. The third kappa shape index (κ3) is 4.83. The first kappa shape index (κ1) is 23.6. The number of rotatable bonds is 5. The van der Waals surface area contributed by atoms with Crippen LogP contribution in [-0.2, 0) is 9.47 Å². The summed E-state index contributed by atoms with van der Waals surface area (Å²) in [5, 5.41) is 12.3. The van der Waals surface area contributed by atoms with Gasteiger partial charge in [-0.05, 0) is 44.4 Å². The molecule has 2 bridgehead atoms.